The van der Waals surface area contributed by atoms with Gasteiger partial charge in [-0.1, -0.05) is 30.3 Å². The average molecular weight is 508 g/mol. The number of aryl methyl sites for hydroxylation is 1. The summed E-state index contributed by atoms with van der Waals surface area (Å²) in [4.78, 5) is 8.51. The van der Waals surface area contributed by atoms with Gasteiger partial charge in [-0.3, -0.25) is 0 Å². The number of benzene rings is 1. The quantitative estimate of drug-likeness (QED) is 0.333. The van der Waals surface area contributed by atoms with Crippen molar-refractivity contribution in [3.05, 3.63) is 69.4 Å². The zero-order valence-corrected chi connectivity index (χ0v) is 19.3. The summed E-state index contributed by atoms with van der Waals surface area (Å²) in [5, 5.41) is 14.0. The van der Waals surface area contributed by atoms with Crippen molar-refractivity contribution in [3.63, 3.8) is 0 Å². The maximum atomic E-state index is 4.88. The lowest BCUT2D eigenvalue weighted by Crippen LogP contribution is -2.43. The average Bonchev–Trinajstić information content (AvgIpc) is 3.33. The van der Waals surface area contributed by atoms with Crippen LogP contribution in [0, 0.1) is 6.92 Å². The third kappa shape index (κ3) is 4.72. The SMILES string of the molecule is Cc1nnc(CN=C(NCc2cccs2)N2CCc3ccccc3C2)n1C.I. The number of nitrogens with one attached hydrogen (secondary N) is 1. The zero-order valence-electron chi connectivity index (χ0n) is 16.1. The number of fused-ring (bicyclic) bond motifs is 1. The Kier molecular flexibility index (Phi) is 7.06. The maximum Gasteiger partial charge on any atom is 0.194 e. The molecule has 0 spiro atoms. The Balaban J connectivity index is 0.00000225. The van der Waals surface area contributed by atoms with E-state index in [0.717, 1.165) is 43.7 Å². The number of thiophene rings is 1. The van der Waals surface area contributed by atoms with Crippen molar-refractivity contribution in [1.82, 2.24) is 25.0 Å². The molecule has 1 aliphatic rings. The summed E-state index contributed by atoms with van der Waals surface area (Å²) in [6.45, 7) is 5.10. The minimum atomic E-state index is 0. The molecule has 2 aromatic heterocycles. The van der Waals surface area contributed by atoms with Gasteiger partial charge in [0.1, 0.15) is 12.4 Å². The number of guanidine groups is 1. The van der Waals surface area contributed by atoms with E-state index < -0.39 is 0 Å². The molecule has 3 aromatic rings. The fourth-order valence-electron chi connectivity index (χ4n) is 3.26. The van der Waals surface area contributed by atoms with Crippen LogP contribution in [0.3, 0.4) is 0 Å². The minimum absolute atomic E-state index is 0. The van der Waals surface area contributed by atoms with Gasteiger partial charge in [0, 0.05) is 25.0 Å². The Hall–Kier alpha value is -1.94. The van der Waals surface area contributed by atoms with E-state index in [4.69, 9.17) is 4.99 Å². The highest BCUT2D eigenvalue weighted by atomic mass is 127. The van der Waals surface area contributed by atoms with E-state index in [9.17, 15) is 0 Å². The van der Waals surface area contributed by atoms with Crippen molar-refractivity contribution in [2.75, 3.05) is 6.54 Å². The second-order valence-corrected chi connectivity index (χ2v) is 7.77. The fraction of sp³-hybridized carbons (Fsp3) is 0.350. The summed E-state index contributed by atoms with van der Waals surface area (Å²) in [5.41, 5.74) is 2.82. The predicted octanol–water partition coefficient (Wildman–Crippen LogP) is 3.51. The maximum absolute atomic E-state index is 4.88. The smallest absolute Gasteiger partial charge is 0.194 e. The molecule has 0 bridgehead atoms. The minimum Gasteiger partial charge on any atom is -0.351 e. The van der Waals surface area contributed by atoms with Gasteiger partial charge >= 0.3 is 0 Å². The Morgan fingerprint density at radius 1 is 1.18 bits per heavy atom. The summed E-state index contributed by atoms with van der Waals surface area (Å²) in [6, 6.07) is 12.9. The van der Waals surface area contributed by atoms with Crippen LogP contribution in [0.5, 0.6) is 0 Å². The van der Waals surface area contributed by atoms with Crippen molar-refractivity contribution in [3.8, 4) is 0 Å². The molecule has 1 N–H and O–H groups in total. The fourth-order valence-corrected chi connectivity index (χ4v) is 3.90. The van der Waals surface area contributed by atoms with Crippen LogP contribution in [0.15, 0.2) is 46.8 Å². The first kappa shape index (κ1) is 20.8. The van der Waals surface area contributed by atoms with Crippen LogP contribution in [-0.4, -0.2) is 32.2 Å². The van der Waals surface area contributed by atoms with Crippen LogP contribution >= 0.6 is 35.3 Å². The first-order chi connectivity index (χ1) is 13.2. The second kappa shape index (κ2) is 9.51. The summed E-state index contributed by atoms with van der Waals surface area (Å²) >= 11 is 1.76. The lowest BCUT2D eigenvalue weighted by atomic mass is 10.0. The molecule has 6 nitrogen and oxygen atoms in total. The second-order valence-electron chi connectivity index (χ2n) is 6.74. The number of hydrogen-bond donors (Lipinski definition) is 1. The van der Waals surface area contributed by atoms with Crippen LogP contribution in [0.25, 0.3) is 0 Å². The molecule has 0 aliphatic carbocycles. The van der Waals surface area contributed by atoms with E-state index in [1.165, 1.54) is 16.0 Å². The predicted molar refractivity (Wildman–Crippen MR) is 124 cm³/mol. The van der Waals surface area contributed by atoms with Crippen LogP contribution in [-0.2, 0) is 33.1 Å². The highest BCUT2D eigenvalue weighted by Gasteiger charge is 2.19. The molecule has 8 heteroatoms. The monoisotopic (exact) mass is 508 g/mol. The lowest BCUT2D eigenvalue weighted by Gasteiger charge is -2.31. The highest BCUT2D eigenvalue weighted by Crippen LogP contribution is 2.19. The standard InChI is InChI=1S/C20H24N6S.HI/c1-15-23-24-19(25(15)2)13-22-20(21-12-18-8-5-11-27-18)26-10-9-16-6-3-4-7-17(16)14-26;/h3-8,11H,9-10,12-14H2,1-2H3,(H,21,22);1H. The third-order valence-electron chi connectivity index (χ3n) is 4.98. The van der Waals surface area contributed by atoms with Gasteiger partial charge in [-0.2, -0.15) is 0 Å². The number of aliphatic imine (C=N–C) groups is 1. The van der Waals surface area contributed by atoms with Gasteiger partial charge in [0.05, 0.1) is 6.54 Å². The summed E-state index contributed by atoms with van der Waals surface area (Å²) in [6.07, 6.45) is 1.04. The first-order valence-electron chi connectivity index (χ1n) is 9.18. The number of aromatic nitrogens is 3. The van der Waals surface area contributed by atoms with Crippen LogP contribution < -0.4 is 5.32 Å². The van der Waals surface area contributed by atoms with Crippen molar-refractivity contribution in [2.45, 2.75) is 33.0 Å². The Morgan fingerprint density at radius 2 is 2.00 bits per heavy atom. The van der Waals surface area contributed by atoms with Gasteiger partial charge in [0.2, 0.25) is 0 Å². The third-order valence-corrected chi connectivity index (χ3v) is 5.86. The molecule has 4 rings (SSSR count). The van der Waals surface area contributed by atoms with E-state index in [2.05, 4.69) is 62.2 Å². The molecule has 0 fully saturated rings. The van der Waals surface area contributed by atoms with Crippen molar-refractivity contribution < 1.29 is 0 Å². The Morgan fingerprint density at radius 3 is 2.71 bits per heavy atom. The largest absolute Gasteiger partial charge is 0.351 e. The lowest BCUT2D eigenvalue weighted by molar-refractivity contribution is 0.377. The number of nitrogens with zero attached hydrogens (tertiary/aromatic N) is 5. The van der Waals surface area contributed by atoms with E-state index >= 15 is 0 Å². The van der Waals surface area contributed by atoms with Crippen LogP contribution in [0.2, 0.25) is 0 Å². The van der Waals surface area contributed by atoms with Gasteiger partial charge in [-0.15, -0.1) is 45.5 Å². The van der Waals surface area contributed by atoms with Gasteiger partial charge in [0.25, 0.3) is 0 Å². The van der Waals surface area contributed by atoms with Crippen LogP contribution in [0.4, 0.5) is 0 Å². The van der Waals surface area contributed by atoms with Crippen LogP contribution in [0.1, 0.15) is 27.7 Å². The number of hydrogen-bond acceptors (Lipinski definition) is 4. The highest BCUT2D eigenvalue weighted by molar-refractivity contribution is 14.0. The number of rotatable bonds is 4. The molecule has 0 atom stereocenters. The molecule has 0 radical (unpaired) electrons. The molecule has 0 saturated heterocycles. The molecule has 148 valence electrons. The van der Waals surface area contributed by atoms with Crippen molar-refractivity contribution >= 4 is 41.3 Å². The molecule has 1 aromatic carbocycles. The Labute approximate surface area is 186 Å². The van der Waals surface area contributed by atoms with Gasteiger partial charge in [-0.05, 0) is 35.9 Å². The van der Waals surface area contributed by atoms with Gasteiger partial charge in [0.15, 0.2) is 11.8 Å². The topological polar surface area (TPSA) is 58.3 Å². The molecule has 0 unspecified atom stereocenters. The molecule has 3 heterocycles. The molecular weight excluding hydrogens is 483 g/mol. The molecule has 28 heavy (non-hydrogen) atoms. The number of halogens is 1. The van der Waals surface area contributed by atoms with E-state index in [-0.39, 0.29) is 24.0 Å². The summed E-state index contributed by atoms with van der Waals surface area (Å²) < 4.78 is 1.99. The first-order valence-corrected chi connectivity index (χ1v) is 10.1. The molecule has 1 aliphatic heterocycles. The summed E-state index contributed by atoms with van der Waals surface area (Å²) in [7, 11) is 1.98. The van der Waals surface area contributed by atoms with Crippen molar-refractivity contribution in [2.24, 2.45) is 12.0 Å². The Bertz CT molecular complexity index is 934. The molecular formula is C20H25IN6S. The normalized spacial score (nSPS) is 13.8. The van der Waals surface area contributed by atoms with E-state index in [1.54, 1.807) is 11.3 Å². The zero-order chi connectivity index (χ0) is 18.6. The van der Waals surface area contributed by atoms with E-state index in [1.807, 2.05) is 18.5 Å². The summed E-state index contributed by atoms with van der Waals surface area (Å²) in [5.74, 6) is 2.71. The van der Waals surface area contributed by atoms with E-state index in [0.29, 0.717) is 6.54 Å². The molecule has 0 amide bonds. The van der Waals surface area contributed by atoms with Gasteiger partial charge in [-0.25, -0.2) is 4.99 Å². The molecule has 0 saturated carbocycles. The van der Waals surface area contributed by atoms with Crippen molar-refractivity contribution in [1.29, 1.82) is 0 Å². The van der Waals surface area contributed by atoms with Gasteiger partial charge < -0.3 is 14.8 Å².